The van der Waals surface area contributed by atoms with E-state index in [0.717, 1.165) is 0 Å². The standard InChI is InChI=1S/C8H2F9NO/c9-6(10,11)3-1-5(7(12,13)14)18-2-4(3)19-8(15,16)17/h1-2H. The average Bonchev–Trinajstić information content (AvgIpc) is 2.11. The Morgan fingerprint density at radius 2 is 1.37 bits per heavy atom. The molecule has 1 rings (SSSR count). The molecule has 1 aromatic heterocycles. The first-order valence-corrected chi connectivity index (χ1v) is 4.21. The Labute approximate surface area is 98.3 Å². The van der Waals surface area contributed by atoms with E-state index in [4.69, 9.17) is 0 Å². The highest BCUT2D eigenvalue weighted by Crippen LogP contribution is 2.40. The summed E-state index contributed by atoms with van der Waals surface area (Å²) in [5, 5.41) is 0. The molecule has 0 aliphatic carbocycles. The summed E-state index contributed by atoms with van der Waals surface area (Å²) in [5.41, 5.74) is -4.19. The molecule has 0 saturated carbocycles. The number of halogens is 9. The molecule has 0 aliphatic rings. The highest BCUT2D eigenvalue weighted by atomic mass is 19.4. The largest absolute Gasteiger partial charge is 0.573 e. The van der Waals surface area contributed by atoms with Gasteiger partial charge in [0.1, 0.15) is 11.3 Å². The van der Waals surface area contributed by atoms with Gasteiger partial charge in [-0.05, 0) is 6.07 Å². The fraction of sp³-hybridized carbons (Fsp3) is 0.375. The first-order chi connectivity index (χ1) is 8.31. The molecule has 19 heavy (non-hydrogen) atoms. The van der Waals surface area contributed by atoms with Crippen LogP contribution in [0.4, 0.5) is 39.5 Å². The lowest BCUT2D eigenvalue weighted by Gasteiger charge is -2.16. The van der Waals surface area contributed by atoms with E-state index in [0.29, 0.717) is 0 Å². The van der Waals surface area contributed by atoms with E-state index in [1.807, 2.05) is 0 Å². The Bertz CT molecular complexity index is 459. The van der Waals surface area contributed by atoms with Gasteiger partial charge in [0.25, 0.3) is 0 Å². The number of aromatic nitrogens is 1. The summed E-state index contributed by atoms with van der Waals surface area (Å²) in [6.07, 6.45) is -16.4. The van der Waals surface area contributed by atoms with Crippen LogP contribution in [0.15, 0.2) is 12.3 Å². The molecule has 108 valence electrons. The molecule has 0 fully saturated rings. The molecular formula is C8H2F9NO. The monoisotopic (exact) mass is 299 g/mol. The van der Waals surface area contributed by atoms with Crippen molar-refractivity contribution in [3.05, 3.63) is 23.5 Å². The highest BCUT2D eigenvalue weighted by Gasteiger charge is 2.42. The fourth-order valence-corrected chi connectivity index (χ4v) is 1.03. The normalized spacial score (nSPS) is 13.5. The van der Waals surface area contributed by atoms with Crippen LogP contribution in [0.5, 0.6) is 5.75 Å². The van der Waals surface area contributed by atoms with Gasteiger partial charge >= 0.3 is 18.7 Å². The van der Waals surface area contributed by atoms with Crippen LogP contribution in [-0.4, -0.2) is 11.3 Å². The molecule has 0 aliphatic heterocycles. The van der Waals surface area contributed by atoms with E-state index in [2.05, 4.69) is 9.72 Å². The molecule has 0 saturated heterocycles. The minimum Gasteiger partial charge on any atom is -0.403 e. The van der Waals surface area contributed by atoms with E-state index in [9.17, 15) is 39.5 Å². The van der Waals surface area contributed by atoms with Crippen molar-refractivity contribution >= 4 is 0 Å². The van der Waals surface area contributed by atoms with Gasteiger partial charge in [-0.3, -0.25) is 0 Å². The molecule has 2 nitrogen and oxygen atoms in total. The van der Waals surface area contributed by atoms with Crippen molar-refractivity contribution in [2.45, 2.75) is 18.7 Å². The molecule has 0 spiro atoms. The zero-order chi connectivity index (χ0) is 15.1. The quantitative estimate of drug-likeness (QED) is 0.731. The van der Waals surface area contributed by atoms with E-state index < -0.39 is 41.8 Å². The fourth-order valence-electron chi connectivity index (χ4n) is 1.03. The van der Waals surface area contributed by atoms with Gasteiger partial charge in [0.15, 0.2) is 5.75 Å². The molecule has 0 N–H and O–H groups in total. The number of rotatable bonds is 1. The van der Waals surface area contributed by atoms with Gasteiger partial charge in [-0.25, -0.2) is 4.98 Å². The molecule has 0 unspecified atom stereocenters. The van der Waals surface area contributed by atoms with Crippen molar-refractivity contribution in [1.82, 2.24) is 4.98 Å². The lowest BCUT2D eigenvalue weighted by atomic mass is 10.2. The molecule has 11 heteroatoms. The second-order valence-corrected chi connectivity index (χ2v) is 3.11. The summed E-state index contributed by atoms with van der Waals surface area (Å²) in [7, 11) is 0. The van der Waals surface area contributed by atoms with Gasteiger partial charge in [-0.15, -0.1) is 13.2 Å². The Kier molecular flexibility index (Phi) is 3.61. The van der Waals surface area contributed by atoms with Crippen LogP contribution in [0.25, 0.3) is 0 Å². The molecular weight excluding hydrogens is 297 g/mol. The minimum atomic E-state index is -5.48. The van der Waals surface area contributed by atoms with Crippen LogP contribution in [0.2, 0.25) is 0 Å². The number of hydrogen-bond acceptors (Lipinski definition) is 2. The van der Waals surface area contributed by atoms with Crippen molar-refractivity contribution in [3.63, 3.8) is 0 Å². The minimum absolute atomic E-state index is 0.279. The summed E-state index contributed by atoms with van der Waals surface area (Å²) in [6.45, 7) is 0. The zero-order valence-electron chi connectivity index (χ0n) is 8.41. The van der Waals surface area contributed by atoms with Gasteiger partial charge < -0.3 is 4.74 Å². The molecule has 0 bridgehead atoms. The Hall–Kier alpha value is -1.68. The molecule has 0 atom stereocenters. The smallest absolute Gasteiger partial charge is 0.403 e. The highest BCUT2D eigenvalue weighted by molar-refractivity contribution is 5.35. The molecule has 0 aromatic carbocycles. The second-order valence-electron chi connectivity index (χ2n) is 3.11. The average molecular weight is 299 g/mol. The van der Waals surface area contributed by atoms with Crippen LogP contribution >= 0.6 is 0 Å². The SMILES string of the molecule is FC(F)(F)Oc1cnc(C(F)(F)F)cc1C(F)(F)F. The van der Waals surface area contributed by atoms with Gasteiger partial charge in [-0.1, -0.05) is 0 Å². The number of hydrogen-bond donors (Lipinski definition) is 0. The Morgan fingerprint density at radius 1 is 0.842 bits per heavy atom. The summed E-state index contributed by atoms with van der Waals surface area (Å²) >= 11 is 0. The van der Waals surface area contributed by atoms with Crippen LogP contribution in [0.1, 0.15) is 11.3 Å². The number of pyridine rings is 1. The predicted molar refractivity (Wildman–Crippen MR) is 40.9 cm³/mol. The molecule has 0 amide bonds. The summed E-state index contributed by atoms with van der Waals surface area (Å²) < 4.78 is 112. The van der Waals surface area contributed by atoms with E-state index >= 15 is 0 Å². The van der Waals surface area contributed by atoms with Gasteiger partial charge in [0, 0.05) is 0 Å². The Balaban J connectivity index is 3.34. The molecule has 1 heterocycles. The van der Waals surface area contributed by atoms with Crippen LogP contribution in [-0.2, 0) is 12.4 Å². The maximum atomic E-state index is 12.3. The zero-order valence-corrected chi connectivity index (χ0v) is 8.41. The molecule has 1 aromatic rings. The van der Waals surface area contributed by atoms with Gasteiger partial charge in [0.05, 0.1) is 6.20 Å². The summed E-state index contributed by atoms with van der Waals surface area (Å²) in [4.78, 5) is 2.46. The van der Waals surface area contributed by atoms with Gasteiger partial charge in [0.2, 0.25) is 0 Å². The number of nitrogens with zero attached hydrogens (tertiary/aromatic N) is 1. The third kappa shape index (κ3) is 4.17. The van der Waals surface area contributed by atoms with E-state index in [1.54, 1.807) is 0 Å². The summed E-state index contributed by atoms with van der Waals surface area (Å²) in [5.74, 6) is -1.85. The van der Waals surface area contributed by atoms with Gasteiger partial charge in [-0.2, -0.15) is 26.3 Å². The first-order valence-electron chi connectivity index (χ1n) is 4.21. The van der Waals surface area contributed by atoms with Crippen molar-refractivity contribution in [2.75, 3.05) is 0 Å². The van der Waals surface area contributed by atoms with Crippen molar-refractivity contribution < 1.29 is 44.3 Å². The number of alkyl halides is 9. The number of ether oxygens (including phenoxy) is 1. The van der Waals surface area contributed by atoms with Crippen molar-refractivity contribution in [1.29, 1.82) is 0 Å². The topological polar surface area (TPSA) is 22.1 Å². The maximum Gasteiger partial charge on any atom is 0.573 e. The van der Waals surface area contributed by atoms with Crippen molar-refractivity contribution in [3.8, 4) is 5.75 Å². The first kappa shape index (κ1) is 15.4. The second kappa shape index (κ2) is 4.46. The summed E-state index contributed by atoms with van der Waals surface area (Å²) in [6, 6.07) is -0.554. The van der Waals surface area contributed by atoms with E-state index in [1.165, 1.54) is 0 Å². The third-order valence-corrected chi connectivity index (χ3v) is 1.69. The predicted octanol–water partition coefficient (Wildman–Crippen LogP) is 4.02. The van der Waals surface area contributed by atoms with Crippen LogP contribution in [0, 0.1) is 0 Å². The molecule has 0 radical (unpaired) electrons. The lowest BCUT2D eigenvalue weighted by molar-refractivity contribution is -0.276. The third-order valence-electron chi connectivity index (χ3n) is 1.69. The van der Waals surface area contributed by atoms with E-state index in [-0.39, 0.29) is 6.20 Å². The Morgan fingerprint density at radius 3 is 1.74 bits per heavy atom. The van der Waals surface area contributed by atoms with Crippen LogP contribution < -0.4 is 4.74 Å². The van der Waals surface area contributed by atoms with Crippen molar-refractivity contribution in [2.24, 2.45) is 0 Å². The lowest BCUT2D eigenvalue weighted by Crippen LogP contribution is -2.21. The van der Waals surface area contributed by atoms with Crippen LogP contribution in [0.3, 0.4) is 0 Å². The maximum absolute atomic E-state index is 12.3.